The van der Waals surface area contributed by atoms with Gasteiger partial charge in [0.1, 0.15) is 0 Å². The van der Waals surface area contributed by atoms with Crippen LogP contribution in [0.15, 0.2) is 47.4 Å². The second-order valence-corrected chi connectivity index (χ2v) is 11.2. The Hall–Kier alpha value is -2.47. The van der Waals surface area contributed by atoms with Crippen LogP contribution >= 0.6 is 0 Å². The zero-order chi connectivity index (χ0) is 23.4. The number of nitrogens with one attached hydrogen (secondary N) is 2. The monoisotopic (exact) mass is 481 g/mol. The molecule has 2 aromatic carbocycles. The molecule has 1 aliphatic rings. The standard InChI is InChI=1S/C21H27N3O6S2/c1-16-4-3-5-20(17(16)2)23-32(28,29)19-8-6-18(7-9-19)21(25)22-10-15-31(26,27)24-11-13-30-14-12-24/h3-9,23H,10-15H2,1-2H3,(H,22,25). The fourth-order valence-electron chi connectivity index (χ4n) is 3.20. The second kappa shape index (κ2) is 9.99. The first-order valence-electron chi connectivity index (χ1n) is 10.1. The highest BCUT2D eigenvalue weighted by Crippen LogP contribution is 2.22. The number of sulfonamides is 2. The molecule has 174 valence electrons. The number of morpholine rings is 1. The van der Waals surface area contributed by atoms with E-state index < -0.39 is 26.0 Å². The van der Waals surface area contributed by atoms with E-state index in [1.165, 1.54) is 28.6 Å². The molecule has 1 heterocycles. The van der Waals surface area contributed by atoms with Gasteiger partial charge in [0.05, 0.1) is 29.5 Å². The summed E-state index contributed by atoms with van der Waals surface area (Å²) in [4.78, 5) is 12.4. The lowest BCUT2D eigenvalue weighted by Gasteiger charge is -2.26. The second-order valence-electron chi connectivity index (χ2n) is 7.46. The number of amides is 1. The van der Waals surface area contributed by atoms with Crippen LogP contribution < -0.4 is 10.0 Å². The third-order valence-corrected chi connectivity index (χ3v) is 8.54. The summed E-state index contributed by atoms with van der Waals surface area (Å²) in [5.74, 6) is -0.695. The Morgan fingerprint density at radius 2 is 1.66 bits per heavy atom. The van der Waals surface area contributed by atoms with Crippen LogP contribution in [0.4, 0.5) is 5.69 Å². The van der Waals surface area contributed by atoms with Crippen molar-refractivity contribution in [2.45, 2.75) is 18.7 Å². The smallest absolute Gasteiger partial charge is 0.261 e. The number of benzene rings is 2. The first kappa shape index (κ1) is 24.2. The van der Waals surface area contributed by atoms with Gasteiger partial charge in [-0.25, -0.2) is 16.8 Å². The van der Waals surface area contributed by atoms with Gasteiger partial charge in [0.25, 0.3) is 15.9 Å². The van der Waals surface area contributed by atoms with E-state index in [0.717, 1.165) is 11.1 Å². The molecule has 0 spiro atoms. The fraction of sp³-hybridized carbons (Fsp3) is 0.381. The van der Waals surface area contributed by atoms with Crippen molar-refractivity contribution < 1.29 is 26.4 Å². The molecule has 11 heteroatoms. The van der Waals surface area contributed by atoms with Gasteiger partial charge >= 0.3 is 0 Å². The maximum absolute atomic E-state index is 12.7. The van der Waals surface area contributed by atoms with Crippen LogP contribution in [0.3, 0.4) is 0 Å². The van der Waals surface area contributed by atoms with Crippen LogP contribution in [0.25, 0.3) is 0 Å². The van der Waals surface area contributed by atoms with E-state index in [4.69, 9.17) is 4.74 Å². The van der Waals surface area contributed by atoms with Crippen molar-refractivity contribution in [2.75, 3.05) is 43.3 Å². The number of carbonyl (C=O) groups is 1. The first-order chi connectivity index (χ1) is 15.1. The molecular formula is C21H27N3O6S2. The average Bonchev–Trinajstić information content (AvgIpc) is 2.77. The lowest BCUT2D eigenvalue weighted by Crippen LogP contribution is -2.43. The molecule has 1 fully saturated rings. The normalized spacial score (nSPS) is 15.3. The van der Waals surface area contributed by atoms with Crippen molar-refractivity contribution in [2.24, 2.45) is 0 Å². The molecule has 1 saturated heterocycles. The molecule has 1 aliphatic heterocycles. The highest BCUT2D eigenvalue weighted by Gasteiger charge is 2.24. The molecule has 32 heavy (non-hydrogen) atoms. The molecule has 0 aromatic heterocycles. The van der Waals surface area contributed by atoms with Gasteiger partial charge in [-0.2, -0.15) is 4.31 Å². The van der Waals surface area contributed by atoms with Crippen LogP contribution in [0, 0.1) is 13.8 Å². The van der Waals surface area contributed by atoms with E-state index in [1.807, 2.05) is 19.9 Å². The molecule has 0 saturated carbocycles. The van der Waals surface area contributed by atoms with Crippen molar-refractivity contribution in [3.05, 3.63) is 59.2 Å². The minimum Gasteiger partial charge on any atom is -0.379 e. The summed E-state index contributed by atoms with van der Waals surface area (Å²) in [6.07, 6.45) is 0. The molecular weight excluding hydrogens is 454 g/mol. The molecule has 1 amide bonds. The number of rotatable bonds is 8. The molecule has 0 unspecified atom stereocenters. The van der Waals surface area contributed by atoms with Gasteiger partial charge in [-0.05, 0) is 55.3 Å². The van der Waals surface area contributed by atoms with Gasteiger partial charge < -0.3 is 10.1 Å². The highest BCUT2D eigenvalue weighted by molar-refractivity contribution is 7.92. The van der Waals surface area contributed by atoms with Crippen molar-refractivity contribution >= 4 is 31.6 Å². The summed E-state index contributed by atoms with van der Waals surface area (Å²) in [6, 6.07) is 10.8. The van der Waals surface area contributed by atoms with Gasteiger partial charge in [-0.3, -0.25) is 9.52 Å². The summed E-state index contributed by atoms with van der Waals surface area (Å²) >= 11 is 0. The Balaban J connectivity index is 1.59. The molecule has 3 rings (SSSR count). The van der Waals surface area contributed by atoms with E-state index in [1.54, 1.807) is 12.1 Å². The number of nitrogens with zero attached hydrogens (tertiary/aromatic N) is 1. The number of carbonyl (C=O) groups excluding carboxylic acids is 1. The lowest BCUT2D eigenvalue weighted by molar-refractivity contribution is 0.0730. The van der Waals surface area contributed by atoms with E-state index in [2.05, 4.69) is 10.0 Å². The SMILES string of the molecule is Cc1cccc(NS(=O)(=O)c2ccc(C(=O)NCCS(=O)(=O)N3CCOCC3)cc2)c1C. The Morgan fingerprint density at radius 3 is 2.31 bits per heavy atom. The van der Waals surface area contributed by atoms with Crippen LogP contribution in [0.5, 0.6) is 0 Å². The Labute approximate surface area is 188 Å². The third kappa shape index (κ3) is 5.85. The predicted octanol–water partition coefficient (Wildman–Crippen LogP) is 1.50. The molecule has 2 aromatic rings. The maximum atomic E-state index is 12.7. The van der Waals surface area contributed by atoms with Crippen LogP contribution in [-0.2, 0) is 24.8 Å². The van der Waals surface area contributed by atoms with Gasteiger partial charge in [0.15, 0.2) is 0 Å². The largest absolute Gasteiger partial charge is 0.379 e. The minimum atomic E-state index is -3.82. The third-order valence-electron chi connectivity index (χ3n) is 5.28. The molecule has 0 radical (unpaired) electrons. The number of ether oxygens (including phenoxy) is 1. The van der Waals surface area contributed by atoms with Crippen molar-refractivity contribution in [3.8, 4) is 0 Å². The van der Waals surface area contributed by atoms with Crippen molar-refractivity contribution in [3.63, 3.8) is 0 Å². The zero-order valence-corrected chi connectivity index (χ0v) is 19.6. The Bertz CT molecular complexity index is 1170. The summed E-state index contributed by atoms with van der Waals surface area (Å²) < 4.78 is 59.0. The number of aryl methyl sites for hydroxylation is 1. The summed E-state index contributed by atoms with van der Waals surface area (Å²) in [5.41, 5.74) is 2.53. The van der Waals surface area contributed by atoms with E-state index in [0.29, 0.717) is 32.0 Å². The van der Waals surface area contributed by atoms with Crippen LogP contribution in [-0.4, -0.2) is 65.6 Å². The number of anilines is 1. The van der Waals surface area contributed by atoms with Gasteiger partial charge in [-0.1, -0.05) is 12.1 Å². The van der Waals surface area contributed by atoms with Crippen LogP contribution in [0.2, 0.25) is 0 Å². The van der Waals surface area contributed by atoms with Crippen molar-refractivity contribution in [1.29, 1.82) is 0 Å². The Morgan fingerprint density at radius 1 is 1.00 bits per heavy atom. The predicted molar refractivity (Wildman–Crippen MR) is 122 cm³/mol. The van der Waals surface area contributed by atoms with E-state index in [9.17, 15) is 21.6 Å². The maximum Gasteiger partial charge on any atom is 0.261 e. The fourth-order valence-corrected chi connectivity index (χ4v) is 5.65. The van der Waals surface area contributed by atoms with E-state index >= 15 is 0 Å². The first-order valence-corrected chi connectivity index (χ1v) is 13.2. The molecule has 9 nitrogen and oxygen atoms in total. The zero-order valence-electron chi connectivity index (χ0n) is 18.0. The van der Waals surface area contributed by atoms with E-state index in [-0.39, 0.29) is 22.8 Å². The summed E-state index contributed by atoms with van der Waals surface area (Å²) in [7, 11) is -7.29. The number of hydrogen-bond acceptors (Lipinski definition) is 6. The van der Waals surface area contributed by atoms with Gasteiger partial charge in [0.2, 0.25) is 10.0 Å². The summed E-state index contributed by atoms with van der Waals surface area (Å²) in [6.45, 7) is 5.02. The topological polar surface area (TPSA) is 122 Å². The minimum absolute atomic E-state index is 0.0184. The summed E-state index contributed by atoms with van der Waals surface area (Å²) in [5, 5.41) is 2.56. The lowest BCUT2D eigenvalue weighted by atomic mass is 10.1. The van der Waals surface area contributed by atoms with Crippen molar-refractivity contribution in [1.82, 2.24) is 9.62 Å². The van der Waals surface area contributed by atoms with Gasteiger partial charge in [-0.15, -0.1) is 0 Å². The molecule has 2 N–H and O–H groups in total. The average molecular weight is 482 g/mol. The molecule has 0 aliphatic carbocycles. The highest BCUT2D eigenvalue weighted by atomic mass is 32.2. The Kier molecular flexibility index (Phi) is 7.55. The quantitative estimate of drug-likeness (QED) is 0.589. The number of hydrogen-bond donors (Lipinski definition) is 2. The van der Waals surface area contributed by atoms with Crippen LogP contribution in [0.1, 0.15) is 21.5 Å². The molecule has 0 bridgehead atoms. The van der Waals surface area contributed by atoms with Gasteiger partial charge in [0, 0.05) is 25.2 Å². The molecule has 0 atom stereocenters.